The van der Waals surface area contributed by atoms with Crippen molar-refractivity contribution >= 4 is 5.91 Å². The Hall–Kier alpha value is -2.83. The fourth-order valence-electron chi connectivity index (χ4n) is 3.87. The number of nitrogens with zero attached hydrogens (tertiary/aromatic N) is 3. The molecule has 4 rings (SSSR count). The molecular weight excluding hydrogens is 358 g/mol. The predicted molar refractivity (Wildman–Crippen MR) is 103 cm³/mol. The summed E-state index contributed by atoms with van der Waals surface area (Å²) < 4.78 is 13.5. The Morgan fingerprint density at radius 3 is 2.57 bits per heavy atom. The lowest BCUT2D eigenvalue weighted by molar-refractivity contribution is -0.145. The van der Waals surface area contributed by atoms with Crippen LogP contribution in [0.2, 0.25) is 0 Å². The Bertz CT molecular complexity index is 918. The number of likely N-dealkylation sites (tertiary alicyclic amines) is 1. The number of carbonyl (C=O) groups excluding carboxylic acids is 1. The molecule has 0 bridgehead atoms. The molecule has 0 spiro atoms. The molecule has 1 amide bonds. The SMILES string of the molecule is Cc1cncn(CC2CCN(C(=O)C3Oc4ccccc4OC3C)CC2)c1=O. The standard InChI is InChI=1S/C21H25N3O4/c1-14-11-22-13-24(20(14)25)12-16-7-9-23(10-8-16)21(26)19-15(2)27-17-5-3-4-6-18(17)28-19/h3-6,11,13,15-16,19H,7-10,12H2,1-2H3. The van der Waals surface area contributed by atoms with Crippen LogP contribution in [0.15, 0.2) is 41.6 Å². The minimum Gasteiger partial charge on any atom is -0.482 e. The van der Waals surface area contributed by atoms with E-state index in [1.807, 2.05) is 36.1 Å². The van der Waals surface area contributed by atoms with Gasteiger partial charge in [-0.2, -0.15) is 0 Å². The van der Waals surface area contributed by atoms with E-state index in [-0.39, 0.29) is 17.6 Å². The molecule has 1 aromatic carbocycles. The van der Waals surface area contributed by atoms with Gasteiger partial charge in [-0.3, -0.25) is 14.2 Å². The van der Waals surface area contributed by atoms with Crippen molar-refractivity contribution in [3.05, 3.63) is 52.7 Å². The van der Waals surface area contributed by atoms with Gasteiger partial charge in [-0.1, -0.05) is 12.1 Å². The number of benzene rings is 1. The summed E-state index contributed by atoms with van der Waals surface area (Å²) in [5.74, 6) is 1.61. The monoisotopic (exact) mass is 383 g/mol. The van der Waals surface area contributed by atoms with Crippen LogP contribution in [0, 0.1) is 12.8 Å². The molecule has 1 fully saturated rings. The Balaban J connectivity index is 1.37. The average Bonchev–Trinajstić information content (AvgIpc) is 2.71. The summed E-state index contributed by atoms with van der Waals surface area (Å²) in [5, 5.41) is 0. The van der Waals surface area contributed by atoms with E-state index in [4.69, 9.17) is 9.47 Å². The molecular formula is C21H25N3O4. The summed E-state index contributed by atoms with van der Waals surface area (Å²) in [7, 11) is 0. The van der Waals surface area contributed by atoms with Gasteiger partial charge in [0.1, 0.15) is 6.10 Å². The molecule has 7 heteroatoms. The third-order valence-electron chi connectivity index (χ3n) is 5.54. The van der Waals surface area contributed by atoms with Gasteiger partial charge in [0.05, 0.1) is 6.33 Å². The summed E-state index contributed by atoms with van der Waals surface area (Å²) >= 11 is 0. The van der Waals surface area contributed by atoms with Crippen LogP contribution in [0.1, 0.15) is 25.3 Å². The van der Waals surface area contributed by atoms with Gasteiger partial charge in [-0.15, -0.1) is 0 Å². The van der Waals surface area contributed by atoms with E-state index in [1.54, 1.807) is 24.0 Å². The molecule has 0 aliphatic carbocycles. The molecule has 0 N–H and O–H groups in total. The van der Waals surface area contributed by atoms with Crippen LogP contribution in [0.4, 0.5) is 0 Å². The van der Waals surface area contributed by atoms with E-state index in [1.165, 1.54) is 0 Å². The maximum absolute atomic E-state index is 13.0. The maximum atomic E-state index is 13.0. The quantitative estimate of drug-likeness (QED) is 0.811. The first-order valence-electron chi connectivity index (χ1n) is 9.75. The number of aryl methyl sites for hydroxylation is 1. The van der Waals surface area contributed by atoms with Gasteiger partial charge in [0.15, 0.2) is 11.5 Å². The average molecular weight is 383 g/mol. The summed E-state index contributed by atoms with van der Waals surface area (Å²) in [6, 6.07) is 7.42. The molecule has 148 valence electrons. The molecule has 2 aliphatic heterocycles. The summed E-state index contributed by atoms with van der Waals surface area (Å²) in [4.78, 5) is 31.1. The predicted octanol–water partition coefficient (Wildman–Crippen LogP) is 2.02. The van der Waals surface area contributed by atoms with E-state index in [9.17, 15) is 9.59 Å². The lowest BCUT2D eigenvalue weighted by atomic mass is 9.96. The zero-order valence-corrected chi connectivity index (χ0v) is 16.2. The molecule has 0 saturated carbocycles. The topological polar surface area (TPSA) is 73.7 Å². The number of hydrogen-bond acceptors (Lipinski definition) is 5. The highest BCUT2D eigenvalue weighted by molar-refractivity contribution is 5.82. The molecule has 2 atom stereocenters. The van der Waals surface area contributed by atoms with E-state index >= 15 is 0 Å². The maximum Gasteiger partial charge on any atom is 0.267 e. The summed E-state index contributed by atoms with van der Waals surface area (Å²) in [6.45, 7) is 5.60. The van der Waals surface area contributed by atoms with E-state index in [0.717, 1.165) is 12.8 Å². The number of fused-ring (bicyclic) bond motifs is 1. The zero-order chi connectivity index (χ0) is 19.7. The van der Waals surface area contributed by atoms with Crippen molar-refractivity contribution in [2.45, 2.75) is 45.4 Å². The highest BCUT2D eigenvalue weighted by Gasteiger charge is 2.37. The first kappa shape index (κ1) is 18.5. The van der Waals surface area contributed by atoms with Crippen LogP contribution < -0.4 is 15.0 Å². The van der Waals surface area contributed by atoms with Crippen LogP contribution in [0.5, 0.6) is 11.5 Å². The van der Waals surface area contributed by atoms with E-state index < -0.39 is 6.10 Å². The van der Waals surface area contributed by atoms with Crippen molar-refractivity contribution in [2.75, 3.05) is 13.1 Å². The minimum atomic E-state index is -0.630. The van der Waals surface area contributed by atoms with Crippen molar-refractivity contribution < 1.29 is 14.3 Å². The molecule has 2 aliphatic rings. The molecule has 7 nitrogen and oxygen atoms in total. The Kier molecular flexibility index (Phi) is 5.07. The number of rotatable bonds is 3. The minimum absolute atomic E-state index is 0.00810. The number of aromatic nitrogens is 2. The van der Waals surface area contributed by atoms with Gasteiger partial charge in [0.2, 0.25) is 6.10 Å². The number of ether oxygens (including phenoxy) is 2. The lowest BCUT2D eigenvalue weighted by Crippen LogP contribution is -2.52. The zero-order valence-electron chi connectivity index (χ0n) is 16.2. The molecule has 1 aromatic heterocycles. The second-order valence-corrected chi connectivity index (χ2v) is 7.61. The van der Waals surface area contributed by atoms with Crippen LogP contribution in [0.3, 0.4) is 0 Å². The molecule has 1 saturated heterocycles. The third-order valence-corrected chi connectivity index (χ3v) is 5.54. The fraction of sp³-hybridized carbons (Fsp3) is 0.476. The molecule has 3 heterocycles. The van der Waals surface area contributed by atoms with Crippen molar-refractivity contribution in [1.29, 1.82) is 0 Å². The summed E-state index contributed by atoms with van der Waals surface area (Å²) in [6.07, 6.45) is 3.92. The van der Waals surface area contributed by atoms with Crippen LogP contribution in [0.25, 0.3) is 0 Å². The lowest BCUT2D eigenvalue weighted by Gasteiger charge is -2.37. The van der Waals surface area contributed by atoms with Crippen molar-refractivity contribution in [2.24, 2.45) is 5.92 Å². The summed E-state index contributed by atoms with van der Waals surface area (Å²) in [5.41, 5.74) is 0.660. The van der Waals surface area contributed by atoms with Gasteiger partial charge in [0, 0.05) is 31.4 Å². The normalized spacial score (nSPS) is 22.1. The van der Waals surface area contributed by atoms with Gasteiger partial charge in [-0.05, 0) is 44.7 Å². The van der Waals surface area contributed by atoms with Crippen LogP contribution >= 0.6 is 0 Å². The highest BCUT2D eigenvalue weighted by atomic mass is 16.6. The smallest absolute Gasteiger partial charge is 0.267 e. The van der Waals surface area contributed by atoms with Crippen molar-refractivity contribution in [3.8, 4) is 11.5 Å². The van der Waals surface area contributed by atoms with Gasteiger partial charge >= 0.3 is 0 Å². The molecule has 2 aromatic rings. The van der Waals surface area contributed by atoms with Gasteiger partial charge in [-0.25, -0.2) is 4.98 Å². The second kappa shape index (κ2) is 7.66. The number of amides is 1. The first-order chi connectivity index (χ1) is 13.5. The number of piperidine rings is 1. The van der Waals surface area contributed by atoms with Gasteiger partial charge in [0.25, 0.3) is 11.5 Å². The highest BCUT2D eigenvalue weighted by Crippen LogP contribution is 2.34. The fourth-order valence-corrected chi connectivity index (χ4v) is 3.87. The molecule has 28 heavy (non-hydrogen) atoms. The largest absolute Gasteiger partial charge is 0.482 e. The number of carbonyl (C=O) groups is 1. The van der Waals surface area contributed by atoms with Crippen LogP contribution in [-0.4, -0.2) is 45.7 Å². The first-order valence-corrected chi connectivity index (χ1v) is 9.75. The second-order valence-electron chi connectivity index (χ2n) is 7.61. The van der Waals surface area contributed by atoms with Crippen molar-refractivity contribution in [3.63, 3.8) is 0 Å². The van der Waals surface area contributed by atoms with Crippen LogP contribution in [-0.2, 0) is 11.3 Å². The number of hydrogen-bond donors (Lipinski definition) is 0. The Labute approximate surface area is 163 Å². The molecule has 2 unspecified atom stereocenters. The Morgan fingerprint density at radius 2 is 1.86 bits per heavy atom. The number of para-hydroxylation sites is 2. The van der Waals surface area contributed by atoms with E-state index in [0.29, 0.717) is 42.6 Å². The van der Waals surface area contributed by atoms with E-state index in [2.05, 4.69) is 4.98 Å². The molecule has 0 radical (unpaired) electrons. The Morgan fingerprint density at radius 1 is 1.18 bits per heavy atom. The third kappa shape index (κ3) is 3.61. The van der Waals surface area contributed by atoms with Crippen molar-refractivity contribution in [1.82, 2.24) is 14.5 Å². The van der Waals surface area contributed by atoms with Gasteiger partial charge < -0.3 is 14.4 Å².